The summed E-state index contributed by atoms with van der Waals surface area (Å²) in [6, 6.07) is 1.06. The van der Waals surface area contributed by atoms with Crippen LogP contribution in [0.5, 0.6) is 0 Å². The van der Waals surface area contributed by atoms with Gasteiger partial charge in [-0.2, -0.15) is 13.2 Å². The van der Waals surface area contributed by atoms with Gasteiger partial charge in [-0.15, -0.1) is 0 Å². The molecule has 0 radical (unpaired) electrons. The van der Waals surface area contributed by atoms with Gasteiger partial charge in [-0.05, 0) is 24.6 Å². The van der Waals surface area contributed by atoms with Gasteiger partial charge in [0, 0.05) is 13.1 Å². The fourth-order valence-corrected chi connectivity index (χ4v) is 1.92. The lowest BCUT2D eigenvalue weighted by Crippen LogP contribution is -2.33. The summed E-state index contributed by atoms with van der Waals surface area (Å²) < 4.78 is 51.0. The normalized spacial score (nSPS) is 19.2. The molecule has 2 amide bonds. The van der Waals surface area contributed by atoms with E-state index in [-0.39, 0.29) is 13.1 Å². The number of nitrogens with zero attached hydrogens (tertiary/aromatic N) is 1. The Bertz CT molecular complexity index is 519. The van der Waals surface area contributed by atoms with Gasteiger partial charge in [-0.25, -0.2) is 9.18 Å². The van der Waals surface area contributed by atoms with Crippen LogP contribution in [0.25, 0.3) is 0 Å². The number of aliphatic hydroxyl groups is 1. The van der Waals surface area contributed by atoms with Crippen LogP contribution in [0.4, 0.5) is 28.0 Å². The Kier molecular flexibility index (Phi) is 3.85. The summed E-state index contributed by atoms with van der Waals surface area (Å²) >= 11 is 0. The number of β-amino-alcohol motifs (C(OH)–C–C–N with tert-alkyl or cyclic N) is 1. The van der Waals surface area contributed by atoms with E-state index in [1.807, 2.05) is 0 Å². The number of anilines is 1. The molecule has 0 bridgehead atoms. The Morgan fingerprint density at radius 2 is 2.10 bits per heavy atom. The summed E-state index contributed by atoms with van der Waals surface area (Å²) in [6.07, 6.45) is -4.89. The van der Waals surface area contributed by atoms with Crippen molar-refractivity contribution in [2.24, 2.45) is 0 Å². The van der Waals surface area contributed by atoms with Crippen molar-refractivity contribution in [2.75, 3.05) is 18.4 Å². The molecule has 0 aromatic heterocycles. The predicted octanol–water partition coefficient (Wildman–Crippen LogP) is 2.44. The van der Waals surface area contributed by atoms with Crippen molar-refractivity contribution in [1.82, 2.24) is 4.90 Å². The lowest BCUT2D eigenvalue weighted by molar-refractivity contribution is -0.137. The number of amides is 2. The first-order valence-corrected chi connectivity index (χ1v) is 5.88. The Hall–Kier alpha value is -1.83. The minimum Gasteiger partial charge on any atom is -0.391 e. The van der Waals surface area contributed by atoms with E-state index in [9.17, 15) is 27.5 Å². The van der Waals surface area contributed by atoms with Crippen molar-refractivity contribution in [3.8, 4) is 0 Å². The van der Waals surface area contributed by atoms with Crippen LogP contribution in [0.2, 0.25) is 0 Å². The molecule has 1 fully saturated rings. The van der Waals surface area contributed by atoms with Crippen molar-refractivity contribution < 1.29 is 27.5 Å². The first kappa shape index (κ1) is 14.6. The second-order valence-corrected chi connectivity index (χ2v) is 4.51. The lowest BCUT2D eigenvalue weighted by Gasteiger charge is -2.17. The fourth-order valence-electron chi connectivity index (χ4n) is 1.92. The number of rotatable bonds is 1. The maximum absolute atomic E-state index is 13.4. The van der Waals surface area contributed by atoms with E-state index < -0.39 is 35.4 Å². The van der Waals surface area contributed by atoms with Gasteiger partial charge in [-0.3, -0.25) is 0 Å². The number of likely N-dealkylation sites (tertiary alicyclic amines) is 1. The summed E-state index contributed by atoms with van der Waals surface area (Å²) in [7, 11) is 0. The highest BCUT2D eigenvalue weighted by Crippen LogP contribution is 2.31. The molecule has 8 heteroatoms. The standard InChI is InChI=1S/C12H12F4N2O2/c13-9-2-1-7(12(14,15)16)5-10(9)17-11(20)18-4-3-8(19)6-18/h1-2,5,8,19H,3-4,6H2,(H,17,20)/t8-/m0/s1. The van der Waals surface area contributed by atoms with Crippen molar-refractivity contribution in [3.05, 3.63) is 29.6 Å². The highest BCUT2D eigenvalue weighted by Gasteiger charge is 2.32. The number of hydrogen-bond acceptors (Lipinski definition) is 2. The first-order valence-electron chi connectivity index (χ1n) is 5.88. The number of nitrogens with one attached hydrogen (secondary N) is 1. The van der Waals surface area contributed by atoms with Crippen LogP contribution < -0.4 is 5.32 Å². The zero-order chi connectivity index (χ0) is 14.9. The van der Waals surface area contributed by atoms with Crippen molar-refractivity contribution in [2.45, 2.75) is 18.7 Å². The van der Waals surface area contributed by atoms with Gasteiger partial charge in [0.1, 0.15) is 5.82 Å². The third-order valence-corrected chi connectivity index (χ3v) is 2.99. The monoisotopic (exact) mass is 292 g/mol. The zero-order valence-electron chi connectivity index (χ0n) is 10.2. The molecule has 1 aliphatic heterocycles. The maximum atomic E-state index is 13.4. The highest BCUT2D eigenvalue weighted by atomic mass is 19.4. The Balaban J connectivity index is 2.14. The van der Waals surface area contributed by atoms with Gasteiger partial charge in [0.2, 0.25) is 0 Å². The molecule has 2 N–H and O–H groups in total. The van der Waals surface area contributed by atoms with E-state index in [2.05, 4.69) is 5.32 Å². The molecule has 1 aromatic rings. The molecule has 0 spiro atoms. The number of alkyl halides is 3. The number of benzene rings is 1. The van der Waals surface area contributed by atoms with E-state index in [1.165, 1.54) is 4.90 Å². The van der Waals surface area contributed by atoms with Crippen LogP contribution in [0, 0.1) is 5.82 Å². The summed E-state index contributed by atoms with van der Waals surface area (Å²) in [6.45, 7) is 0.347. The van der Waals surface area contributed by atoms with Gasteiger partial charge in [0.05, 0.1) is 17.4 Å². The quantitative estimate of drug-likeness (QED) is 0.781. The highest BCUT2D eigenvalue weighted by molar-refractivity contribution is 5.89. The maximum Gasteiger partial charge on any atom is 0.416 e. The zero-order valence-corrected chi connectivity index (χ0v) is 10.2. The largest absolute Gasteiger partial charge is 0.416 e. The number of carbonyl (C=O) groups is 1. The molecule has 2 rings (SSSR count). The molecule has 1 aromatic carbocycles. The SMILES string of the molecule is O=C(Nc1cc(C(F)(F)F)ccc1F)N1CC[C@H](O)C1. The van der Waals surface area contributed by atoms with Crippen LogP contribution in [0.1, 0.15) is 12.0 Å². The van der Waals surface area contributed by atoms with Crippen molar-refractivity contribution >= 4 is 11.7 Å². The fraction of sp³-hybridized carbons (Fsp3) is 0.417. The second kappa shape index (κ2) is 5.28. The average molecular weight is 292 g/mol. The average Bonchev–Trinajstić information content (AvgIpc) is 2.77. The third-order valence-electron chi connectivity index (χ3n) is 2.99. The Labute approximate surface area is 112 Å². The molecular formula is C12H12F4N2O2. The molecule has 1 atom stereocenters. The molecular weight excluding hydrogens is 280 g/mol. The molecule has 20 heavy (non-hydrogen) atoms. The molecule has 0 saturated carbocycles. The van der Waals surface area contributed by atoms with Crippen LogP contribution in [0.15, 0.2) is 18.2 Å². The molecule has 1 heterocycles. The first-order chi connectivity index (χ1) is 9.27. The van der Waals surface area contributed by atoms with Crippen LogP contribution in [0.3, 0.4) is 0 Å². The third kappa shape index (κ3) is 3.19. The van der Waals surface area contributed by atoms with Gasteiger partial charge in [0.25, 0.3) is 0 Å². The number of hydrogen-bond donors (Lipinski definition) is 2. The van der Waals surface area contributed by atoms with E-state index >= 15 is 0 Å². The van der Waals surface area contributed by atoms with Gasteiger partial charge >= 0.3 is 12.2 Å². The topological polar surface area (TPSA) is 52.6 Å². The van der Waals surface area contributed by atoms with E-state index in [4.69, 9.17) is 0 Å². The number of halogens is 4. The summed E-state index contributed by atoms with van der Waals surface area (Å²) in [4.78, 5) is 12.9. The van der Waals surface area contributed by atoms with Crippen LogP contribution in [-0.4, -0.2) is 35.2 Å². The Morgan fingerprint density at radius 3 is 2.65 bits per heavy atom. The van der Waals surface area contributed by atoms with E-state index in [0.717, 1.165) is 0 Å². The molecule has 110 valence electrons. The van der Waals surface area contributed by atoms with Crippen molar-refractivity contribution in [3.63, 3.8) is 0 Å². The van der Waals surface area contributed by atoms with Gasteiger partial charge in [-0.1, -0.05) is 0 Å². The molecule has 1 saturated heterocycles. The molecule has 0 unspecified atom stereocenters. The number of aliphatic hydroxyl groups excluding tert-OH is 1. The van der Waals surface area contributed by atoms with E-state index in [1.54, 1.807) is 0 Å². The van der Waals surface area contributed by atoms with Gasteiger partial charge < -0.3 is 15.3 Å². The minimum atomic E-state index is -4.61. The summed E-state index contributed by atoms with van der Waals surface area (Å²) in [5.41, 5.74) is -1.58. The van der Waals surface area contributed by atoms with E-state index in [0.29, 0.717) is 24.6 Å². The second-order valence-electron chi connectivity index (χ2n) is 4.51. The lowest BCUT2D eigenvalue weighted by atomic mass is 10.2. The molecule has 1 aliphatic rings. The minimum absolute atomic E-state index is 0.0758. The van der Waals surface area contributed by atoms with Crippen LogP contribution in [-0.2, 0) is 6.18 Å². The summed E-state index contributed by atoms with van der Waals surface area (Å²) in [5, 5.41) is 11.4. The molecule has 0 aliphatic carbocycles. The van der Waals surface area contributed by atoms with Crippen LogP contribution >= 0.6 is 0 Å². The Morgan fingerprint density at radius 1 is 1.40 bits per heavy atom. The number of urea groups is 1. The van der Waals surface area contributed by atoms with Gasteiger partial charge in [0.15, 0.2) is 0 Å². The predicted molar refractivity (Wildman–Crippen MR) is 62.6 cm³/mol. The molecule has 4 nitrogen and oxygen atoms in total. The number of carbonyl (C=O) groups excluding carboxylic acids is 1. The summed E-state index contributed by atoms with van der Waals surface area (Å²) in [5.74, 6) is -0.953. The van der Waals surface area contributed by atoms with Crippen molar-refractivity contribution in [1.29, 1.82) is 0 Å². The smallest absolute Gasteiger partial charge is 0.391 e.